The number of aryl methyl sites for hydroxylation is 1. The molecule has 3 aliphatic rings. The van der Waals surface area contributed by atoms with Crippen LogP contribution >= 0.6 is 0 Å². The second-order valence-corrected chi connectivity index (χ2v) is 14.5. The van der Waals surface area contributed by atoms with Gasteiger partial charge in [0.1, 0.15) is 0 Å². The molecule has 0 atom stereocenters. The molecule has 1 N–H and O–H groups in total. The first-order valence-corrected chi connectivity index (χ1v) is 18.5. The second-order valence-electron chi connectivity index (χ2n) is 11.6. The maximum absolute atomic E-state index is 6.28. The Morgan fingerprint density at radius 3 is 2.57 bits per heavy atom. The average Bonchev–Trinajstić information content (AvgIpc) is 3.82. The summed E-state index contributed by atoms with van der Waals surface area (Å²) >= 11 is 0.0592. The van der Waals surface area contributed by atoms with Gasteiger partial charge in [0.25, 0.3) is 5.52 Å². The summed E-state index contributed by atoms with van der Waals surface area (Å²) in [5.41, 5.74) is 8.21. The molecule has 0 bridgehead atoms. The van der Waals surface area contributed by atoms with Crippen molar-refractivity contribution in [2.75, 3.05) is 21.9 Å². The number of ether oxygens (including phenoxy) is 1. The van der Waals surface area contributed by atoms with Crippen LogP contribution in [-0.4, -0.2) is 32.6 Å². The van der Waals surface area contributed by atoms with Gasteiger partial charge in [0.05, 0.1) is 11.3 Å². The van der Waals surface area contributed by atoms with E-state index in [0.29, 0.717) is 0 Å². The molecule has 4 heterocycles. The number of hydrogen-bond donors (Lipinski definition) is 1. The van der Waals surface area contributed by atoms with Gasteiger partial charge in [0.2, 0.25) is 5.58 Å². The Balaban J connectivity index is 0.000000185. The summed E-state index contributed by atoms with van der Waals surface area (Å²) in [4.78, 5) is 2.42. The van der Waals surface area contributed by atoms with Crippen LogP contribution in [-0.2, 0) is 6.54 Å². The number of aromatic nitrogens is 1. The fraction of sp³-hybridized carbons (Fsp3) is 0.125. The molecule has 0 radical (unpaired) electrons. The van der Waals surface area contributed by atoms with Crippen LogP contribution in [0.3, 0.4) is 0 Å². The van der Waals surface area contributed by atoms with E-state index >= 15 is 0 Å². The summed E-state index contributed by atoms with van der Waals surface area (Å²) < 4.78 is 17.3. The van der Waals surface area contributed by atoms with Crippen molar-refractivity contribution in [1.82, 2.24) is 0 Å². The van der Waals surface area contributed by atoms with Gasteiger partial charge in [-0.3, -0.25) is 0 Å². The number of anilines is 2. The van der Waals surface area contributed by atoms with E-state index < -0.39 is 0 Å². The van der Waals surface area contributed by atoms with Crippen LogP contribution in [0, 0.1) is 0 Å². The third kappa shape index (κ3) is 5.60. The minimum atomic E-state index is 0.0592. The van der Waals surface area contributed by atoms with Gasteiger partial charge in [-0.1, -0.05) is 60.7 Å². The van der Waals surface area contributed by atoms with Gasteiger partial charge in [0, 0.05) is 12.5 Å². The van der Waals surface area contributed by atoms with Crippen molar-refractivity contribution in [3.8, 4) is 16.9 Å². The van der Waals surface area contributed by atoms with Crippen molar-refractivity contribution in [2.24, 2.45) is 0 Å². The number of rotatable bonds is 3. The van der Waals surface area contributed by atoms with Gasteiger partial charge in [0.15, 0.2) is 18.2 Å². The molecule has 0 amide bonds. The molecule has 6 aromatic rings. The molecule has 9 rings (SSSR count). The Morgan fingerprint density at radius 2 is 1.65 bits per heavy atom. The fourth-order valence-electron chi connectivity index (χ4n) is 6.35. The number of allylic oxidation sites excluding steroid dienone is 5. The molecular formula is C40H34N3O2Te+. The summed E-state index contributed by atoms with van der Waals surface area (Å²) in [6, 6.07) is 38.1. The normalized spacial score (nSPS) is 16.7. The molecule has 3 aliphatic heterocycles. The maximum atomic E-state index is 6.28. The summed E-state index contributed by atoms with van der Waals surface area (Å²) in [5.74, 6) is 2.55. The molecule has 0 unspecified atom stereocenters. The number of benzene rings is 5. The molecule has 5 aromatic carbocycles. The van der Waals surface area contributed by atoms with Crippen molar-refractivity contribution < 1.29 is 13.7 Å². The Kier molecular flexibility index (Phi) is 7.83. The third-order valence-electron chi connectivity index (χ3n) is 8.59. The standard InChI is InChI=1S/C28H22N2O2.C12H11NTe/c1-2-9-20(10-3-1)22-16-17-26-24(19-22)30-18-8-12-21(28(30)32-26)11-4-7-15-27-29-23-13-5-6-14-25(23)31-27;1-13-8-14-11-7-6-9-4-2-3-5-10(9)12(11)13/h1-7,9-11,13-17,19H,8,12,18H2;2-7H,8H2,1H3/p+1. The van der Waals surface area contributed by atoms with E-state index in [4.69, 9.17) is 9.15 Å². The Morgan fingerprint density at radius 1 is 0.826 bits per heavy atom. The molecule has 0 saturated carbocycles. The van der Waals surface area contributed by atoms with Gasteiger partial charge >= 0.3 is 99.8 Å². The number of nitrogens with zero attached hydrogens (tertiary/aromatic N) is 2. The van der Waals surface area contributed by atoms with Crippen LogP contribution in [0.25, 0.3) is 38.6 Å². The zero-order valence-corrected chi connectivity index (χ0v) is 28.0. The number of hydrogen-bond acceptors (Lipinski definition) is 4. The van der Waals surface area contributed by atoms with Crippen molar-refractivity contribution in [1.29, 1.82) is 0 Å². The van der Waals surface area contributed by atoms with Crippen LogP contribution in [0.5, 0.6) is 5.75 Å². The first-order valence-electron chi connectivity index (χ1n) is 15.7. The average molecular weight is 716 g/mol. The van der Waals surface area contributed by atoms with E-state index in [1.54, 1.807) is 3.61 Å². The van der Waals surface area contributed by atoms with Gasteiger partial charge < -0.3 is 14.5 Å². The predicted octanol–water partition coefficient (Wildman–Crippen LogP) is 8.04. The fourth-order valence-corrected chi connectivity index (χ4v) is 9.28. The number of nitrogens with one attached hydrogen (secondary N) is 1. The van der Waals surface area contributed by atoms with Crippen molar-refractivity contribution >= 4 is 63.4 Å². The Hall–Kier alpha value is -4.76. The Labute approximate surface area is 279 Å². The van der Waals surface area contributed by atoms with Gasteiger partial charge in [-0.15, -0.1) is 0 Å². The van der Waals surface area contributed by atoms with Crippen molar-refractivity contribution in [3.63, 3.8) is 0 Å². The van der Waals surface area contributed by atoms with Crippen molar-refractivity contribution in [2.45, 2.75) is 19.4 Å². The molecular weight excluding hydrogens is 682 g/mol. The first kappa shape index (κ1) is 28.7. The van der Waals surface area contributed by atoms with Crippen LogP contribution in [0.15, 0.2) is 144 Å². The van der Waals surface area contributed by atoms with Crippen LogP contribution in [0.1, 0.15) is 18.7 Å². The van der Waals surface area contributed by atoms with E-state index in [9.17, 15) is 0 Å². The molecule has 1 aromatic heterocycles. The van der Waals surface area contributed by atoms with Crippen LogP contribution in [0.2, 0.25) is 0 Å². The summed E-state index contributed by atoms with van der Waals surface area (Å²) in [6.07, 6.45) is 10.2. The number of fused-ring (bicyclic) bond motifs is 7. The summed E-state index contributed by atoms with van der Waals surface area (Å²) in [7, 11) is 2.21. The summed E-state index contributed by atoms with van der Waals surface area (Å²) in [6.45, 7) is 0.974. The molecule has 226 valence electrons. The van der Waals surface area contributed by atoms with Gasteiger partial charge in [-0.2, -0.15) is 4.57 Å². The van der Waals surface area contributed by atoms with Crippen LogP contribution < -0.4 is 23.1 Å². The molecule has 0 fully saturated rings. The zero-order chi connectivity index (χ0) is 30.9. The molecule has 46 heavy (non-hydrogen) atoms. The van der Waals surface area contributed by atoms with Gasteiger partial charge in [-0.05, 0) is 47.9 Å². The number of oxazole rings is 1. The molecule has 0 spiro atoms. The van der Waals surface area contributed by atoms with E-state index in [0.717, 1.165) is 53.7 Å². The van der Waals surface area contributed by atoms with E-state index in [-0.39, 0.29) is 20.9 Å². The number of para-hydroxylation sites is 2. The summed E-state index contributed by atoms with van der Waals surface area (Å²) in [5, 5.41) is 6.06. The molecule has 5 nitrogen and oxygen atoms in total. The SMILES string of the molecule is C(=CC=C1CCC[n+]2c1oc1ccc(-c3ccccc3)cc12)C=C1Nc2ccccc2O1.CN1C[Te]c2ccc3ccccc3c21. The van der Waals surface area contributed by atoms with E-state index in [1.165, 1.54) is 37.8 Å². The van der Waals surface area contributed by atoms with Crippen molar-refractivity contribution in [3.05, 3.63) is 145 Å². The first-order chi connectivity index (χ1) is 22.7. The second kappa shape index (κ2) is 12.6. The molecule has 6 heteroatoms. The molecule has 0 aliphatic carbocycles. The monoisotopic (exact) mass is 718 g/mol. The minimum absolute atomic E-state index is 0.0592. The zero-order valence-electron chi connectivity index (χ0n) is 25.6. The predicted molar refractivity (Wildman–Crippen MR) is 190 cm³/mol. The third-order valence-corrected chi connectivity index (χ3v) is 11.9. The van der Waals surface area contributed by atoms with Crippen LogP contribution in [0.4, 0.5) is 11.4 Å². The van der Waals surface area contributed by atoms with Gasteiger partial charge in [-0.25, -0.2) is 0 Å². The quantitative estimate of drug-likeness (QED) is 0.149. The molecule has 0 saturated heterocycles. The topological polar surface area (TPSA) is 41.5 Å². The Bertz CT molecular complexity index is 2140. The van der Waals surface area contributed by atoms with E-state index in [2.05, 4.69) is 113 Å². The van der Waals surface area contributed by atoms with E-state index in [1.807, 2.05) is 42.5 Å².